The van der Waals surface area contributed by atoms with Crippen LogP contribution < -0.4 is 4.74 Å². The van der Waals surface area contributed by atoms with Gasteiger partial charge in [0.15, 0.2) is 10.2 Å². The van der Waals surface area contributed by atoms with Crippen LogP contribution in [0, 0.1) is 3.95 Å². The first-order valence-corrected chi connectivity index (χ1v) is 8.64. The van der Waals surface area contributed by atoms with Gasteiger partial charge in [0.25, 0.3) is 0 Å². The molecule has 0 fully saturated rings. The van der Waals surface area contributed by atoms with Crippen LogP contribution in [-0.4, -0.2) is 34.1 Å². The van der Waals surface area contributed by atoms with Crippen LogP contribution in [0.2, 0.25) is 0 Å². The molecular formula is C17H17NO5S2. The summed E-state index contributed by atoms with van der Waals surface area (Å²) in [6, 6.07) is 6.98. The Bertz CT molecular complexity index is 849. The molecule has 132 valence electrons. The lowest BCUT2D eigenvalue weighted by atomic mass is 10.1. The zero-order valence-corrected chi connectivity index (χ0v) is 15.1. The summed E-state index contributed by atoms with van der Waals surface area (Å²) in [6.07, 6.45) is 2.63. The standard InChI is InChI=1S/C17H17NO5S2/c1-23-13-6-4-11(5-7-13)12(10-19)9-14-16(22)18(17(24)25-14)8-2-3-15(20)21/h4-7,9-10,22H,2-3,8H2,1H3,(H,20,21). The average molecular weight is 379 g/mol. The molecule has 0 spiro atoms. The first kappa shape index (κ1) is 18.9. The summed E-state index contributed by atoms with van der Waals surface area (Å²) in [5, 5.41) is 19.0. The number of ether oxygens (including phenoxy) is 1. The van der Waals surface area contributed by atoms with E-state index < -0.39 is 5.97 Å². The second kappa shape index (κ2) is 8.59. The number of rotatable bonds is 8. The average Bonchev–Trinajstić information content (AvgIpc) is 2.87. The normalized spacial score (nSPS) is 11.3. The molecule has 0 amide bonds. The number of carbonyl (C=O) groups is 2. The van der Waals surface area contributed by atoms with E-state index in [0.717, 1.165) is 0 Å². The number of allylic oxidation sites excluding steroid dienone is 1. The first-order valence-electron chi connectivity index (χ1n) is 7.42. The number of methoxy groups -OCH3 is 1. The molecule has 0 radical (unpaired) electrons. The maximum Gasteiger partial charge on any atom is 0.303 e. The van der Waals surface area contributed by atoms with Crippen LogP contribution in [-0.2, 0) is 16.1 Å². The Hall–Kier alpha value is -2.45. The minimum absolute atomic E-state index is 0.00628. The molecule has 0 bridgehead atoms. The molecule has 1 aromatic heterocycles. The molecule has 0 saturated heterocycles. The highest BCUT2D eigenvalue weighted by Gasteiger charge is 2.12. The molecule has 1 aromatic carbocycles. The van der Waals surface area contributed by atoms with Crippen LogP contribution in [0.5, 0.6) is 11.6 Å². The Labute approximate surface area is 153 Å². The minimum Gasteiger partial charge on any atom is -0.497 e. The van der Waals surface area contributed by atoms with Gasteiger partial charge in [0.05, 0.1) is 12.0 Å². The smallest absolute Gasteiger partial charge is 0.303 e. The van der Waals surface area contributed by atoms with Gasteiger partial charge in [-0.1, -0.05) is 12.1 Å². The third-order valence-corrected chi connectivity index (χ3v) is 4.89. The highest BCUT2D eigenvalue weighted by atomic mass is 32.1. The van der Waals surface area contributed by atoms with Crippen molar-refractivity contribution in [3.63, 3.8) is 0 Å². The number of aromatic nitrogens is 1. The van der Waals surface area contributed by atoms with Gasteiger partial charge < -0.3 is 14.9 Å². The Kier molecular flexibility index (Phi) is 6.49. The van der Waals surface area contributed by atoms with Crippen LogP contribution in [0.4, 0.5) is 0 Å². The van der Waals surface area contributed by atoms with Gasteiger partial charge in [-0.15, -0.1) is 11.3 Å². The number of hydrogen-bond donors (Lipinski definition) is 2. The van der Waals surface area contributed by atoms with E-state index in [-0.39, 0.29) is 12.3 Å². The van der Waals surface area contributed by atoms with Crippen molar-refractivity contribution in [2.45, 2.75) is 19.4 Å². The Balaban J connectivity index is 2.29. The Morgan fingerprint density at radius 3 is 2.60 bits per heavy atom. The largest absolute Gasteiger partial charge is 0.497 e. The molecule has 8 heteroatoms. The monoisotopic (exact) mass is 379 g/mol. The van der Waals surface area contributed by atoms with Crippen LogP contribution >= 0.6 is 23.6 Å². The van der Waals surface area contributed by atoms with E-state index in [1.807, 2.05) is 0 Å². The van der Waals surface area contributed by atoms with Crippen molar-refractivity contribution in [3.05, 3.63) is 38.7 Å². The lowest BCUT2D eigenvalue weighted by molar-refractivity contribution is -0.137. The van der Waals surface area contributed by atoms with Gasteiger partial charge in [0, 0.05) is 18.5 Å². The van der Waals surface area contributed by atoms with Gasteiger partial charge in [-0.2, -0.15) is 0 Å². The zero-order chi connectivity index (χ0) is 18.4. The van der Waals surface area contributed by atoms with Crippen molar-refractivity contribution in [3.8, 4) is 11.6 Å². The third kappa shape index (κ3) is 4.77. The highest BCUT2D eigenvalue weighted by Crippen LogP contribution is 2.30. The number of aliphatic carboxylic acids is 1. The highest BCUT2D eigenvalue weighted by molar-refractivity contribution is 7.73. The third-order valence-electron chi connectivity index (χ3n) is 3.50. The molecule has 6 nitrogen and oxygen atoms in total. The van der Waals surface area contributed by atoms with E-state index in [0.29, 0.717) is 45.0 Å². The van der Waals surface area contributed by atoms with Gasteiger partial charge in [0.1, 0.15) is 5.75 Å². The number of hydrogen-bond acceptors (Lipinski definition) is 6. The number of nitrogens with zero attached hydrogens (tertiary/aromatic N) is 1. The van der Waals surface area contributed by atoms with Crippen LogP contribution in [0.3, 0.4) is 0 Å². The van der Waals surface area contributed by atoms with E-state index >= 15 is 0 Å². The van der Waals surface area contributed by atoms with E-state index in [1.54, 1.807) is 37.5 Å². The van der Waals surface area contributed by atoms with E-state index in [4.69, 9.17) is 22.1 Å². The summed E-state index contributed by atoms with van der Waals surface area (Å²) in [4.78, 5) is 22.5. The molecule has 2 aromatic rings. The van der Waals surface area contributed by atoms with E-state index in [9.17, 15) is 14.7 Å². The number of carbonyl (C=O) groups excluding carboxylic acids is 1. The second-order valence-corrected chi connectivity index (χ2v) is 6.83. The van der Waals surface area contributed by atoms with Crippen molar-refractivity contribution < 1.29 is 24.5 Å². The molecule has 0 atom stereocenters. The number of thiazole rings is 1. The molecular weight excluding hydrogens is 362 g/mol. The summed E-state index contributed by atoms with van der Waals surface area (Å²) < 4.78 is 6.99. The SMILES string of the molecule is COc1ccc(C(C=O)=Cc2sc(=S)n(CCCC(=O)O)c2O)cc1. The topological polar surface area (TPSA) is 88.8 Å². The first-order chi connectivity index (χ1) is 12.0. The lowest BCUT2D eigenvalue weighted by Crippen LogP contribution is -2.01. The molecule has 2 rings (SSSR count). The minimum atomic E-state index is -0.899. The summed E-state index contributed by atoms with van der Waals surface area (Å²) in [6.45, 7) is 0.306. The molecule has 0 unspecified atom stereocenters. The maximum absolute atomic E-state index is 11.4. The fourth-order valence-corrected chi connectivity index (χ4v) is 3.51. The van der Waals surface area contributed by atoms with Gasteiger partial charge in [-0.25, -0.2) is 0 Å². The number of carboxylic acid groups (broad SMARTS) is 1. The van der Waals surface area contributed by atoms with Crippen LogP contribution in [0.1, 0.15) is 23.3 Å². The van der Waals surface area contributed by atoms with Crippen molar-refractivity contribution >= 4 is 47.5 Å². The Morgan fingerprint density at radius 2 is 2.04 bits per heavy atom. The molecule has 25 heavy (non-hydrogen) atoms. The predicted octanol–water partition coefficient (Wildman–Crippen LogP) is 3.60. The number of aldehydes is 1. The van der Waals surface area contributed by atoms with E-state index in [1.165, 1.54) is 15.9 Å². The summed E-state index contributed by atoms with van der Waals surface area (Å²) >= 11 is 6.38. The van der Waals surface area contributed by atoms with E-state index in [2.05, 4.69) is 0 Å². The van der Waals surface area contributed by atoms with Gasteiger partial charge in [-0.05, 0) is 42.4 Å². The summed E-state index contributed by atoms with van der Waals surface area (Å²) in [7, 11) is 1.56. The fraction of sp³-hybridized carbons (Fsp3) is 0.235. The second-order valence-electron chi connectivity index (χ2n) is 5.15. The lowest BCUT2D eigenvalue weighted by Gasteiger charge is -2.04. The molecule has 1 heterocycles. The van der Waals surface area contributed by atoms with Crippen molar-refractivity contribution in [1.82, 2.24) is 4.57 Å². The van der Waals surface area contributed by atoms with Gasteiger partial charge in [0.2, 0.25) is 5.88 Å². The molecule has 0 aliphatic carbocycles. The summed E-state index contributed by atoms with van der Waals surface area (Å²) in [5.41, 5.74) is 1.08. The van der Waals surface area contributed by atoms with Crippen molar-refractivity contribution in [2.75, 3.05) is 7.11 Å². The van der Waals surface area contributed by atoms with Gasteiger partial charge in [-0.3, -0.25) is 14.2 Å². The van der Waals surface area contributed by atoms with Crippen molar-refractivity contribution in [2.24, 2.45) is 0 Å². The quantitative estimate of drug-likeness (QED) is 0.414. The number of benzene rings is 1. The fourth-order valence-electron chi connectivity index (χ4n) is 2.20. The number of carboxylic acids is 1. The van der Waals surface area contributed by atoms with Crippen LogP contribution in [0.15, 0.2) is 24.3 Å². The molecule has 0 saturated carbocycles. The van der Waals surface area contributed by atoms with Crippen molar-refractivity contribution in [1.29, 1.82) is 0 Å². The van der Waals surface area contributed by atoms with Crippen LogP contribution in [0.25, 0.3) is 11.6 Å². The molecule has 0 aliphatic heterocycles. The molecule has 0 aliphatic rings. The molecule has 2 N–H and O–H groups in total. The number of aromatic hydroxyl groups is 1. The van der Waals surface area contributed by atoms with Gasteiger partial charge >= 0.3 is 5.97 Å². The summed E-state index contributed by atoms with van der Waals surface area (Å²) in [5.74, 6) is -0.283. The Morgan fingerprint density at radius 1 is 1.36 bits per heavy atom. The predicted molar refractivity (Wildman–Crippen MR) is 98.6 cm³/mol. The maximum atomic E-state index is 11.4. The zero-order valence-electron chi connectivity index (χ0n) is 13.5.